The zero-order valence-corrected chi connectivity index (χ0v) is 11.5. The summed E-state index contributed by atoms with van der Waals surface area (Å²) in [7, 11) is 0. The maximum absolute atomic E-state index is 8.79. The van der Waals surface area contributed by atoms with E-state index >= 15 is 0 Å². The molecule has 6 nitrogen and oxygen atoms in total. The van der Waals surface area contributed by atoms with Crippen LogP contribution in [0.3, 0.4) is 0 Å². The fourth-order valence-electron chi connectivity index (χ4n) is 2.34. The van der Waals surface area contributed by atoms with E-state index in [2.05, 4.69) is 22.0 Å². The zero-order valence-electron chi connectivity index (χ0n) is 11.5. The van der Waals surface area contributed by atoms with Crippen molar-refractivity contribution in [2.24, 2.45) is 0 Å². The number of aromatic nitrogens is 3. The van der Waals surface area contributed by atoms with Gasteiger partial charge in [0.1, 0.15) is 6.61 Å². The average Bonchev–Trinajstić information content (AvgIpc) is 3.18. The third-order valence-electron chi connectivity index (χ3n) is 3.34. The van der Waals surface area contributed by atoms with E-state index in [1.165, 1.54) is 0 Å². The molecule has 3 heterocycles. The van der Waals surface area contributed by atoms with E-state index in [1.807, 2.05) is 40.9 Å². The Labute approximate surface area is 125 Å². The van der Waals surface area contributed by atoms with Gasteiger partial charge in [0, 0.05) is 17.3 Å². The molecular formula is C16H11N3O3. The van der Waals surface area contributed by atoms with Crippen LogP contribution < -0.4 is 9.47 Å². The Hall–Kier alpha value is -3.04. The van der Waals surface area contributed by atoms with Gasteiger partial charge in [-0.1, -0.05) is 11.8 Å². The lowest BCUT2D eigenvalue weighted by Crippen LogP contribution is -1.93. The molecule has 0 aliphatic carbocycles. The molecule has 0 unspecified atom stereocenters. The molecule has 6 heteroatoms. The average molecular weight is 293 g/mol. The standard InChI is InChI=1S/C16H11N3O3/c20-7-1-2-11-3-6-15-17-18-16(19(15)9-11)12-4-5-13-14(8-12)22-10-21-13/h3-6,8-9,20H,7,10H2. The summed E-state index contributed by atoms with van der Waals surface area (Å²) in [5, 5.41) is 17.2. The zero-order chi connectivity index (χ0) is 14.9. The molecule has 0 bridgehead atoms. The van der Waals surface area contributed by atoms with Crippen molar-refractivity contribution in [3.63, 3.8) is 0 Å². The van der Waals surface area contributed by atoms with Gasteiger partial charge < -0.3 is 14.6 Å². The number of fused-ring (bicyclic) bond motifs is 2. The molecular weight excluding hydrogens is 282 g/mol. The first kappa shape index (κ1) is 12.7. The second-order valence-electron chi connectivity index (χ2n) is 4.70. The largest absolute Gasteiger partial charge is 0.454 e. The smallest absolute Gasteiger partial charge is 0.231 e. The SMILES string of the molecule is OCC#Cc1ccc2nnc(-c3ccc4c(c3)OCO4)n2c1. The Morgan fingerprint density at radius 1 is 1.14 bits per heavy atom. The highest BCUT2D eigenvalue weighted by Crippen LogP contribution is 2.35. The predicted molar refractivity (Wildman–Crippen MR) is 78.5 cm³/mol. The number of aliphatic hydroxyl groups excluding tert-OH is 1. The van der Waals surface area contributed by atoms with E-state index in [1.54, 1.807) is 0 Å². The van der Waals surface area contributed by atoms with Crippen molar-refractivity contribution < 1.29 is 14.6 Å². The van der Waals surface area contributed by atoms with Gasteiger partial charge in [0.15, 0.2) is 23.0 Å². The Morgan fingerprint density at radius 3 is 2.95 bits per heavy atom. The molecule has 1 aromatic carbocycles. The minimum Gasteiger partial charge on any atom is -0.454 e. The van der Waals surface area contributed by atoms with Gasteiger partial charge in [0.2, 0.25) is 6.79 Å². The quantitative estimate of drug-likeness (QED) is 0.688. The number of ether oxygens (including phenoxy) is 2. The third-order valence-corrected chi connectivity index (χ3v) is 3.34. The molecule has 1 N–H and O–H groups in total. The highest BCUT2D eigenvalue weighted by Gasteiger charge is 2.16. The summed E-state index contributed by atoms with van der Waals surface area (Å²) in [6.07, 6.45) is 1.85. The highest BCUT2D eigenvalue weighted by atomic mass is 16.7. The molecule has 0 atom stereocenters. The Bertz CT molecular complexity index is 921. The summed E-state index contributed by atoms with van der Waals surface area (Å²) in [6, 6.07) is 9.33. The molecule has 4 rings (SSSR count). The monoisotopic (exact) mass is 293 g/mol. The van der Waals surface area contributed by atoms with Crippen molar-refractivity contribution in [3.8, 4) is 34.7 Å². The van der Waals surface area contributed by atoms with Gasteiger partial charge in [-0.25, -0.2) is 0 Å². The second-order valence-corrected chi connectivity index (χ2v) is 4.70. The number of hydrogen-bond donors (Lipinski definition) is 1. The number of benzene rings is 1. The third kappa shape index (κ3) is 2.05. The van der Waals surface area contributed by atoms with Crippen LogP contribution in [0.15, 0.2) is 36.5 Å². The van der Waals surface area contributed by atoms with Crippen LogP contribution in [0.5, 0.6) is 11.5 Å². The lowest BCUT2D eigenvalue weighted by molar-refractivity contribution is 0.174. The lowest BCUT2D eigenvalue weighted by Gasteiger charge is -2.02. The van der Waals surface area contributed by atoms with E-state index in [4.69, 9.17) is 14.6 Å². The van der Waals surface area contributed by atoms with Gasteiger partial charge in [-0.2, -0.15) is 0 Å². The number of aliphatic hydroxyl groups is 1. The minimum absolute atomic E-state index is 0.171. The summed E-state index contributed by atoms with van der Waals surface area (Å²) in [5.74, 6) is 7.63. The Kier molecular flexibility index (Phi) is 2.92. The van der Waals surface area contributed by atoms with Crippen LogP contribution in [0, 0.1) is 11.8 Å². The molecule has 3 aromatic rings. The molecule has 2 aromatic heterocycles. The predicted octanol–water partition coefficient (Wildman–Crippen LogP) is 1.47. The van der Waals surface area contributed by atoms with Gasteiger partial charge in [0.25, 0.3) is 0 Å². The summed E-state index contributed by atoms with van der Waals surface area (Å²) in [4.78, 5) is 0. The molecule has 0 amide bonds. The molecule has 0 saturated carbocycles. The first-order valence-electron chi connectivity index (χ1n) is 6.70. The molecule has 22 heavy (non-hydrogen) atoms. The summed E-state index contributed by atoms with van der Waals surface area (Å²) in [5.41, 5.74) is 2.38. The first-order chi connectivity index (χ1) is 10.8. The fraction of sp³-hybridized carbons (Fsp3) is 0.125. The van der Waals surface area contributed by atoms with Crippen LogP contribution >= 0.6 is 0 Å². The normalized spacial score (nSPS) is 12.2. The Balaban J connectivity index is 1.84. The number of pyridine rings is 1. The molecule has 0 spiro atoms. The number of hydrogen-bond acceptors (Lipinski definition) is 5. The molecule has 0 fully saturated rings. The summed E-state index contributed by atoms with van der Waals surface area (Å²) < 4.78 is 12.6. The molecule has 108 valence electrons. The van der Waals surface area contributed by atoms with Crippen molar-refractivity contribution in [1.82, 2.24) is 14.6 Å². The van der Waals surface area contributed by atoms with Crippen LogP contribution in [-0.2, 0) is 0 Å². The van der Waals surface area contributed by atoms with E-state index in [9.17, 15) is 0 Å². The van der Waals surface area contributed by atoms with E-state index in [-0.39, 0.29) is 13.4 Å². The van der Waals surface area contributed by atoms with E-state index in [0.29, 0.717) is 11.6 Å². The van der Waals surface area contributed by atoms with Crippen LogP contribution in [0.2, 0.25) is 0 Å². The van der Waals surface area contributed by atoms with Crippen molar-refractivity contribution in [2.45, 2.75) is 0 Å². The fourth-order valence-corrected chi connectivity index (χ4v) is 2.34. The van der Waals surface area contributed by atoms with Gasteiger partial charge in [0.05, 0.1) is 0 Å². The molecule has 1 aliphatic heterocycles. The van der Waals surface area contributed by atoms with Crippen LogP contribution in [-0.4, -0.2) is 33.1 Å². The van der Waals surface area contributed by atoms with Crippen LogP contribution in [0.4, 0.5) is 0 Å². The second kappa shape index (κ2) is 5.06. The van der Waals surface area contributed by atoms with Crippen molar-refractivity contribution in [1.29, 1.82) is 0 Å². The minimum atomic E-state index is -0.171. The first-order valence-corrected chi connectivity index (χ1v) is 6.70. The van der Waals surface area contributed by atoms with Crippen LogP contribution in [0.1, 0.15) is 5.56 Å². The van der Waals surface area contributed by atoms with Crippen molar-refractivity contribution in [3.05, 3.63) is 42.1 Å². The van der Waals surface area contributed by atoms with E-state index < -0.39 is 0 Å². The van der Waals surface area contributed by atoms with Crippen LogP contribution in [0.25, 0.3) is 17.0 Å². The topological polar surface area (TPSA) is 68.9 Å². The summed E-state index contributed by atoms with van der Waals surface area (Å²) >= 11 is 0. The Morgan fingerprint density at radius 2 is 2.05 bits per heavy atom. The molecule has 0 saturated heterocycles. The van der Waals surface area contributed by atoms with Crippen molar-refractivity contribution in [2.75, 3.05) is 13.4 Å². The van der Waals surface area contributed by atoms with E-state index in [0.717, 1.165) is 22.5 Å². The maximum atomic E-state index is 8.79. The number of rotatable bonds is 1. The molecule has 0 radical (unpaired) electrons. The highest BCUT2D eigenvalue weighted by molar-refractivity contribution is 5.64. The molecule has 1 aliphatic rings. The van der Waals surface area contributed by atoms with Gasteiger partial charge in [-0.05, 0) is 30.3 Å². The van der Waals surface area contributed by atoms with Gasteiger partial charge >= 0.3 is 0 Å². The summed E-state index contributed by atoms with van der Waals surface area (Å²) in [6.45, 7) is 0.0650. The lowest BCUT2D eigenvalue weighted by atomic mass is 10.2. The maximum Gasteiger partial charge on any atom is 0.231 e. The van der Waals surface area contributed by atoms with Gasteiger partial charge in [-0.15, -0.1) is 10.2 Å². The van der Waals surface area contributed by atoms with Gasteiger partial charge in [-0.3, -0.25) is 4.40 Å². The number of nitrogens with zero attached hydrogens (tertiary/aromatic N) is 3. The van der Waals surface area contributed by atoms with Crippen molar-refractivity contribution >= 4 is 5.65 Å².